The van der Waals surface area contributed by atoms with Crippen LogP contribution in [0, 0.1) is 0 Å². The normalized spacial score (nSPS) is 11.2. The van der Waals surface area contributed by atoms with Crippen molar-refractivity contribution in [1.29, 1.82) is 0 Å². The molecule has 2 rings (SSSR count). The van der Waals surface area contributed by atoms with Gasteiger partial charge in [-0.15, -0.1) is 13.2 Å². The lowest BCUT2D eigenvalue weighted by Gasteiger charge is -2.25. The molecule has 0 saturated heterocycles. The molecule has 0 radical (unpaired) electrons. The summed E-state index contributed by atoms with van der Waals surface area (Å²) in [5, 5.41) is 2.55. The lowest BCUT2D eigenvalue weighted by molar-refractivity contribution is -0.137. The van der Waals surface area contributed by atoms with Crippen LogP contribution in [0.5, 0.6) is 0 Å². The molecule has 0 aliphatic heterocycles. The summed E-state index contributed by atoms with van der Waals surface area (Å²) in [4.78, 5) is 14.1. The number of benzene rings is 2. The molecule has 3 nitrogen and oxygen atoms in total. The molecular weight excluding hydrogens is 365 g/mol. The molecule has 0 bridgehead atoms. The van der Waals surface area contributed by atoms with E-state index in [1.54, 1.807) is 23.1 Å². The van der Waals surface area contributed by atoms with Crippen molar-refractivity contribution in [1.82, 2.24) is 0 Å². The number of amides is 1. The maximum Gasteiger partial charge on any atom is 0.416 e. The predicted octanol–water partition coefficient (Wildman–Crippen LogP) is 5.54. The van der Waals surface area contributed by atoms with Gasteiger partial charge in [0.05, 0.1) is 16.9 Å². The highest BCUT2D eigenvalue weighted by Gasteiger charge is 2.31. The van der Waals surface area contributed by atoms with Gasteiger partial charge in [0.2, 0.25) is 5.91 Å². The number of rotatable bonds is 8. The topological polar surface area (TPSA) is 32.3 Å². The lowest BCUT2D eigenvalue weighted by atomic mass is 10.1. The third-order valence-corrected chi connectivity index (χ3v) is 3.85. The monoisotopic (exact) mass is 386 g/mol. The van der Waals surface area contributed by atoms with Gasteiger partial charge in [-0.25, -0.2) is 0 Å². The fourth-order valence-electron chi connectivity index (χ4n) is 2.58. The van der Waals surface area contributed by atoms with Crippen molar-refractivity contribution in [3.63, 3.8) is 0 Å². The van der Waals surface area contributed by atoms with Crippen molar-refractivity contribution in [3.05, 3.63) is 91.0 Å². The number of nitrogens with zero attached hydrogens (tertiary/aromatic N) is 1. The Hall–Kier alpha value is -3.28. The zero-order chi connectivity index (χ0) is 20.6. The van der Waals surface area contributed by atoms with E-state index >= 15 is 0 Å². The van der Waals surface area contributed by atoms with Crippen LogP contribution in [0.1, 0.15) is 11.1 Å². The van der Waals surface area contributed by atoms with Gasteiger partial charge in [-0.05, 0) is 29.8 Å². The Labute approximate surface area is 162 Å². The molecule has 2 aromatic rings. The molecule has 0 heterocycles. The molecule has 0 fully saturated rings. The van der Waals surface area contributed by atoms with Gasteiger partial charge >= 0.3 is 6.18 Å². The van der Waals surface area contributed by atoms with Crippen LogP contribution in [0.15, 0.2) is 79.9 Å². The molecule has 1 amide bonds. The summed E-state index contributed by atoms with van der Waals surface area (Å²) in [6.45, 7) is 8.11. The van der Waals surface area contributed by atoms with Crippen LogP contribution in [0.25, 0.3) is 6.08 Å². The molecular formula is C22H21F3N2O. The van der Waals surface area contributed by atoms with E-state index in [0.717, 1.165) is 17.7 Å². The molecule has 28 heavy (non-hydrogen) atoms. The summed E-state index contributed by atoms with van der Waals surface area (Å²) in [6.07, 6.45) is 1.61. The first-order valence-corrected chi connectivity index (χ1v) is 8.57. The highest BCUT2D eigenvalue weighted by Crippen LogP contribution is 2.35. The molecule has 0 aliphatic carbocycles. The second kappa shape index (κ2) is 9.60. The van der Waals surface area contributed by atoms with E-state index in [0.29, 0.717) is 18.8 Å². The number of halogens is 3. The number of hydrogen-bond acceptors (Lipinski definition) is 2. The SMILES string of the molecule is C=CCN(CC=C)c1ccc(C(F)(F)F)cc1NC(=O)/C=C/c1ccccc1. The number of nitrogens with one attached hydrogen (secondary N) is 1. The third-order valence-electron chi connectivity index (χ3n) is 3.85. The standard InChI is InChI=1S/C22H21F3N2O/c1-3-14-27(15-4-2)20-12-11-18(22(23,24)25)16-19(20)26-21(28)13-10-17-8-6-5-7-9-17/h3-13,16H,1-2,14-15H2,(H,26,28)/b13-10+. The summed E-state index contributed by atoms with van der Waals surface area (Å²) in [5.74, 6) is -0.526. The zero-order valence-electron chi connectivity index (χ0n) is 15.2. The van der Waals surface area contributed by atoms with Crippen LogP contribution in [-0.2, 0) is 11.0 Å². The average Bonchev–Trinajstić information content (AvgIpc) is 2.66. The minimum atomic E-state index is -4.51. The van der Waals surface area contributed by atoms with Gasteiger partial charge < -0.3 is 10.2 Å². The van der Waals surface area contributed by atoms with Crippen molar-refractivity contribution < 1.29 is 18.0 Å². The Morgan fingerprint density at radius 2 is 1.68 bits per heavy atom. The molecule has 0 unspecified atom stereocenters. The van der Waals surface area contributed by atoms with Crippen molar-refractivity contribution in [3.8, 4) is 0 Å². The van der Waals surface area contributed by atoms with Crippen molar-refractivity contribution in [2.45, 2.75) is 6.18 Å². The van der Waals surface area contributed by atoms with Crippen molar-refractivity contribution in [2.75, 3.05) is 23.3 Å². The molecule has 0 aromatic heterocycles. The van der Waals surface area contributed by atoms with Gasteiger partial charge in [-0.1, -0.05) is 42.5 Å². The molecule has 0 spiro atoms. The first-order chi connectivity index (χ1) is 13.3. The highest BCUT2D eigenvalue weighted by atomic mass is 19.4. The Morgan fingerprint density at radius 3 is 2.25 bits per heavy atom. The van der Waals surface area contributed by atoms with E-state index in [9.17, 15) is 18.0 Å². The largest absolute Gasteiger partial charge is 0.416 e. The number of carbonyl (C=O) groups excluding carboxylic acids is 1. The van der Waals surface area contributed by atoms with E-state index in [-0.39, 0.29) is 5.69 Å². The fourth-order valence-corrected chi connectivity index (χ4v) is 2.58. The predicted molar refractivity (Wildman–Crippen MR) is 108 cm³/mol. The first-order valence-electron chi connectivity index (χ1n) is 8.57. The van der Waals surface area contributed by atoms with Crippen LogP contribution in [0.2, 0.25) is 0 Å². The molecule has 0 atom stereocenters. The summed E-state index contributed by atoms with van der Waals surface area (Å²) in [5.41, 5.74) is 0.494. The number of carbonyl (C=O) groups is 1. The average molecular weight is 386 g/mol. The van der Waals surface area contributed by atoms with Gasteiger partial charge in [-0.2, -0.15) is 13.2 Å². The highest BCUT2D eigenvalue weighted by molar-refractivity contribution is 6.04. The maximum atomic E-state index is 13.1. The summed E-state index contributed by atoms with van der Waals surface area (Å²) < 4.78 is 39.4. The summed E-state index contributed by atoms with van der Waals surface area (Å²) in [7, 11) is 0. The van der Waals surface area contributed by atoms with Crippen LogP contribution in [-0.4, -0.2) is 19.0 Å². The summed E-state index contributed by atoms with van der Waals surface area (Å²) >= 11 is 0. The number of alkyl halides is 3. The Morgan fingerprint density at radius 1 is 1.04 bits per heavy atom. The Bertz CT molecular complexity index is 848. The molecule has 1 N–H and O–H groups in total. The number of hydrogen-bond donors (Lipinski definition) is 1. The minimum absolute atomic E-state index is 0.0706. The summed E-state index contributed by atoms with van der Waals surface area (Å²) in [6, 6.07) is 12.4. The zero-order valence-corrected chi connectivity index (χ0v) is 15.2. The van der Waals surface area contributed by atoms with E-state index < -0.39 is 17.6 Å². The first kappa shape index (κ1) is 21.0. The van der Waals surface area contributed by atoms with Gasteiger partial charge in [0, 0.05) is 19.2 Å². The van der Waals surface area contributed by atoms with Crippen molar-refractivity contribution in [2.24, 2.45) is 0 Å². The van der Waals surface area contributed by atoms with Gasteiger partial charge in [0.15, 0.2) is 0 Å². The Kier molecular flexibility index (Phi) is 7.21. The second-order valence-corrected chi connectivity index (χ2v) is 5.95. The molecule has 146 valence electrons. The van der Waals surface area contributed by atoms with Crippen LogP contribution in [0.3, 0.4) is 0 Å². The van der Waals surface area contributed by atoms with Crippen LogP contribution in [0.4, 0.5) is 24.5 Å². The van der Waals surface area contributed by atoms with Crippen LogP contribution >= 0.6 is 0 Å². The van der Waals surface area contributed by atoms with Crippen molar-refractivity contribution >= 4 is 23.4 Å². The van der Waals surface area contributed by atoms with E-state index in [1.807, 2.05) is 30.3 Å². The van der Waals surface area contributed by atoms with Gasteiger partial charge in [-0.3, -0.25) is 4.79 Å². The van der Waals surface area contributed by atoms with Gasteiger partial charge in [0.1, 0.15) is 0 Å². The van der Waals surface area contributed by atoms with Gasteiger partial charge in [0.25, 0.3) is 0 Å². The van der Waals surface area contributed by atoms with E-state index in [1.165, 1.54) is 12.1 Å². The molecule has 2 aromatic carbocycles. The van der Waals surface area contributed by atoms with E-state index in [2.05, 4.69) is 18.5 Å². The molecule has 0 aliphatic rings. The number of anilines is 2. The fraction of sp³-hybridized carbons (Fsp3) is 0.136. The van der Waals surface area contributed by atoms with Crippen LogP contribution < -0.4 is 10.2 Å². The molecule has 6 heteroatoms. The molecule has 0 saturated carbocycles. The smallest absolute Gasteiger partial charge is 0.362 e. The minimum Gasteiger partial charge on any atom is -0.362 e. The maximum absolute atomic E-state index is 13.1. The third kappa shape index (κ3) is 5.87. The van der Waals surface area contributed by atoms with E-state index in [4.69, 9.17) is 0 Å². The Balaban J connectivity index is 2.34. The second-order valence-electron chi connectivity index (χ2n) is 5.95. The quantitative estimate of drug-likeness (QED) is 0.477. The lowest BCUT2D eigenvalue weighted by Crippen LogP contribution is -2.25.